The minimum Gasteiger partial charge on any atom is -0.327 e. The highest BCUT2D eigenvalue weighted by Gasteiger charge is 2.41. The number of benzene rings is 1. The molecule has 25 heavy (non-hydrogen) atoms. The number of amides is 2. The summed E-state index contributed by atoms with van der Waals surface area (Å²) in [5, 5.41) is 11.5. The number of fused-ring (bicyclic) bond motifs is 2. The Labute approximate surface area is 146 Å². The molecule has 1 aromatic rings. The van der Waals surface area contributed by atoms with Gasteiger partial charge in [-0.05, 0) is 44.0 Å². The SMILES string of the molecule is CCN1CC[C@H]2CC[C@@H](C1)N2C(=O)C(=O)Nc1ccc(F)cc1C#N. The molecule has 3 rings (SSSR count). The summed E-state index contributed by atoms with van der Waals surface area (Å²) in [5.74, 6) is -1.91. The average Bonchev–Trinajstić information content (AvgIpc) is 2.90. The molecule has 0 radical (unpaired) electrons. The summed E-state index contributed by atoms with van der Waals surface area (Å²) in [4.78, 5) is 29.2. The van der Waals surface area contributed by atoms with E-state index in [-0.39, 0.29) is 23.3 Å². The molecule has 2 heterocycles. The van der Waals surface area contributed by atoms with Gasteiger partial charge in [0.25, 0.3) is 0 Å². The number of likely N-dealkylation sites (N-methyl/N-ethyl adjacent to an activating group) is 1. The first kappa shape index (κ1) is 17.4. The predicted octanol–water partition coefficient (Wildman–Crippen LogP) is 1.72. The number of nitriles is 1. The van der Waals surface area contributed by atoms with Crippen molar-refractivity contribution < 1.29 is 14.0 Å². The van der Waals surface area contributed by atoms with Crippen molar-refractivity contribution in [3.63, 3.8) is 0 Å². The normalized spacial score (nSPS) is 23.0. The van der Waals surface area contributed by atoms with Gasteiger partial charge in [-0.25, -0.2) is 4.39 Å². The van der Waals surface area contributed by atoms with Crippen LogP contribution in [0.4, 0.5) is 10.1 Å². The molecule has 7 heteroatoms. The molecule has 1 aromatic carbocycles. The second-order valence-electron chi connectivity index (χ2n) is 6.54. The highest BCUT2D eigenvalue weighted by molar-refractivity contribution is 6.39. The summed E-state index contributed by atoms with van der Waals surface area (Å²) in [7, 11) is 0. The predicted molar refractivity (Wildman–Crippen MR) is 90.1 cm³/mol. The smallest absolute Gasteiger partial charge is 0.313 e. The third-order valence-corrected chi connectivity index (χ3v) is 5.09. The van der Waals surface area contributed by atoms with Gasteiger partial charge in [0.2, 0.25) is 0 Å². The number of anilines is 1. The van der Waals surface area contributed by atoms with Gasteiger partial charge in [-0.2, -0.15) is 5.26 Å². The molecule has 0 unspecified atom stereocenters. The zero-order chi connectivity index (χ0) is 18.0. The molecule has 0 aliphatic carbocycles. The van der Waals surface area contributed by atoms with Gasteiger partial charge in [0.05, 0.1) is 11.3 Å². The number of nitrogens with one attached hydrogen (secondary N) is 1. The van der Waals surface area contributed by atoms with Gasteiger partial charge in [-0.1, -0.05) is 6.92 Å². The van der Waals surface area contributed by atoms with Crippen molar-refractivity contribution in [2.45, 2.75) is 38.3 Å². The first-order chi connectivity index (χ1) is 12.0. The van der Waals surface area contributed by atoms with E-state index in [9.17, 15) is 14.0 Å². The van der Waals surface area contributed by atoms with E-state index in [1.54, 1.807) is 4.90 Å². The highest BCUT2D eigenvalue weighted by Crippen LogP contribution is 2.30. The molecule has 6 nitrogen and oxygen atoms in total. The molecule has 0 saturated carbocycles. The number of rotatable bonds is 2. The van der Waals surface area contributed by atoms with Crippen LogP contribution in [-0.4, -0.2) is 53.3 Å². The van der Waals surface area contributed by atoms with Crippen LogP contribution in [0.15, 0.2) is 18.2 Å². The number of halogens is 1. The Balaban J connectivity index is 1.75. The molecule has 2 saturated heterocycles. The molecule has 2 aliphatic rings. The van der Waals surface area contributed by atoms with Crippen molar-refractivity contribution in [1.29, 1.82) is 5.26 Å². The zero-order valence-corrected chi connectivity index (χ0v) is 14.2. The maximum absolute atomic E-state index is 13.2. The Morgan fingerprint density at radius 1 is 1.32 bits per heavy atom. The minimum atomic E-state index is -0.773. The molecule has 2 fully saturated rings. The lowest BCUT2D eigenvalue weighted by Crippen LogP contribution is -2.47. The highest BCUT2D eigenvalue weighted by atomic mass is 19.1. The number of likely N-dealkylation sites (tertiary alicyclic amines) is 1. The Morgan fingerprint density at radius 3 is 2.80 bits per heavy atom. The monoisotopic (exact) mass is 344 g/mol. The number of hydrogen-bond acceptors (Lipinski definition) is 4. The summed E-state index contributed by atoms with van der Waals surface area (Å²) in [6.07, 6.45) is 2.69. The van der Waals surface area contributed by atoms with Gasteiger partial charge in [0.15, 0.2) is 0 Å². The molecule has 2 aliphatic heterocycles. The Morgan fingerprint density at radius 2 is 2.08 bits per heavy atom. The van der Waals surface area contributed by atoms with E-state index in [1.807, 2.05) is 6.07 Å². The fourth-order valence-electron chi connectivity index (χ4n) is 3.77. The third kappa shape index (κ3) is 3.49. The fourth-order valence-corrected chi connectivity index (χ4v) is 3.77. The van der Waals surface area contributed by atoms with Crippen molar-refractivity contribution in [2.24, 2.45) is 0 Å². The molecule has 2 atom stereocenters. The van der Waals surface area contributed by atoms with Crippen LogP contribution in [0.25, 0.3) is 0 Å². The maximum Gasteiger partial charge on any atom is 0.313 e. The lowest BCUT2D eigenvalue weighted by molar-refractivity contribution is -0.145. The van der Waals surface area contributed by atoms with Gasteiger partial charge in [0.1, 0.15) is 11.9 Å². The van der Waals surface area contributed by atoms with E-state index >= 15 is 0 Å². The van der Waals surface area contributed by atoms with Crippen molar-refractivity contribution in [1.82, 2.24) is 9.80 Å². The number of hydrogen-bond donors (Lipinski definition) is 1. The van der Waals surface area contributed by atoms with Crippen LogP contribution in [0.1, 0.15) is 31.7 Å². The number of nitrogens with zero attached hydrogens (tertiary/aromatic N) is 3. The van der Waals surface area contributed by atoms with Gasteiger partial charge in [-0.15, -0.1) is 0 Å². The quantitative estimate of drug-likeness (QED) is 0.829. The van der Waals surface area contributed by atoms with Crippen LogP contribution in [0.2, 0.25) is 0 Å². The molecular formula is C18H21FN4O2. The van der Waals surface area contributed by atoms with Gasteiger partial charge in [-0.3, -0.25) is 9.59 Å². The van der Waals surface area contributed by atoms with Crippen LogP contribution in [-0.2, 0) is 9.59 Å². The summed E-state index contributed by atoms with van der Waals surface area (Å²) in [5.41, 5.74) is 0.150. The Bertz CT molecular complexity index is 730. The lowest BCUT2D eigenvalue weighted by Gasteiger charge is -2.28. The summed E-state index contributed by atoms with van der Waals surface area (Å²) in [6.45, 7) is 4.74. The van der Waals surface area contributed by atoms with E-state index < -0.39 is 17.6 Å². The van der Waals surface area contributed by atoms with Gasteiger partial charge < -0.3 is 15.1 Å². The first-order valence-corrected chi connectivity index (χ1v) is 8.59. The molecule has 0 spiro atoms. The summed E-state index contributed by atoms with van der Waals surface area (Å²) >= 11 is 0. The van der Waals surface area contributed by atoms with E-state index in [0.717, 1.165) is 51.0 Å². The van der Waals surface area contributed by atoms with Crippen LogP contribution in [0.3, 0.4) is 0 Å². The van der Waals surface area contributed by atoms with E-state index in [1.165, 1.54) is 6.07 Å². The van der Waals surface area contributed by atoms with Crippen LogP contribution in [0.5, 0.6) is 0 Å². The van der Waals surface area contributed by atoms with E-state index in [0.29, 0.717) is 0 Å². The second-order valence-corrected chi connectivity index (χ2v) is 6.54. The van der Waals surface area contributed by atoms with E-state index in [4.69, 9.17) is 5.26 Å². The Hall–Kier alpha value is -2.46. The van der Waals surface area contributed by atoms with Gasteiger partial charge in [0, 0.05) is 25.2 Å². The molecular weight excluding hydrogens is 323 g/mol. The summed E-state index contributed by atoms with van der Waals surface area (Å²) < 4.78 is 13.2. The van der Waals surface area contributed by atoms with Crippen molar-refractivity contribution in [3.8, 4) is 6.07 Å². The van der Waals surface area contributed by atoms with Gasteiger partial charge >= 0.3 is 11.8 Å². The second kappa shape index (κ2) is 7.19. The minimum absolute atomic E-state index is 0.00264. The molecule has 1 N–H and O–H groups in total. The van der Waals surface area contributed by atoms with Crippen LogP contribution in [0, 0.1) is 17.1 Å². The standard InChI is InChI=1S/C18H21FN4O2/c1-2-22-8-7-14-4-5-15(11-22)23(14)18(25)17(24)21-16-6-3-13(19)9-12(16)10-20/h3,6,9,14-15H,2,4-5,7-8,11H2,1H3,(H,21,24)/t14-,15+/m1/s1. The fraction of sp³-hybridized carbons (Fsp3) is 0.500. The number of carbonyl (C=O) groups is 2. The Kier molecular flexibility index (Phi) is 5.00. The average molecular weight is 344 g/mol. The molecule has 0 aromatic heterocycles. The largest absolute Gasteiger partial charge is 0.327 e. The topological polar surface area (TPSA) is 76.4 Å². The molecule has 2 bridgehead atoms. The van der Waals surface area contributed by atoms with Crippen molar-refractivity contribution in [3.05, 3.63) is 29.6 Å². The first-order valence-electron chi connectivity index (χ1n) is 8.59. The molecule has 132 valence electrons. The maximum atomic E-state index is 13.2. The number of carbonyl (C=O) groups excluding carboxylic acids is 2. The third-order valence-electron chi connectivity index (χ3n) is 5.09. The van der Waals surface area contributed by atoms with Crippen molar-refractivity contribution >= 4 is 17.5 Å². The molecule has 2 amide bonds. The lowest BCUT2D eigenvalue weighted by atomic mass is 10.1. The van der Waals surface area contributed by atoms with E-state index in [2.05, 4.69) is 17.1 Å². The van der Waals surface area contributed by atoms with Crippen LogP contribution < -0.4 is 5.32 Å². The van der Waals surface area contributed by atoms with Crippen LogP contribution >= 0.6 is 0 Å². The summed E-state index contributed by atoms with van der Waals surface area (Å²) in [6, 6.07) is 5.45. The van der Waals surface area contributed by atoms with Crippen molar-refractivity contribution in [2.75, 3.05) is 25.0 Å². The zero-order valence-electron chi connectivity index (χ0n) is 14.2.